The number of phenolic OH excluding ortho intramolecular Hbond substituents is 1. The molecule has 0 radical (unpaired) electrons. The summed E-state index contributed by atoms with van der Waals surface area (Å²) in [6.45, 7) is 11.0. The van der Waals surface area contributed by atoms with E-state index in [1.165, 1.54) is 22.3 Å². The van der Waals surface area contributed by atoms with Gasteiger partial charge in [0.2, 0.25) is 0 Å². The highest BCUT2D eigenvalue weighted by Crippen LogP contribution is 2.38. The molecule has 0 bridgehead atoms. The molecule has 37 heavy (non-hydrogen) atoms. The zero-order chi connectivity index (χ0) is 26.4. The third kappa shape index (κ3) is 7.27. The molecule has 2 aliphatic rings. The molecule has 0 fully saturated rings. The number of benzene rings is 2. The predicted octanol–water partition coefficient (Wildman–Crippen LogP) is 6.23. The van der Waals surface area contributed by atoms with Crippen molar-refractivity contribution in [1.82, 2.24) is 9.80 Å². The fourth-order valence-electron chi connectivity index (χ4n) is 6.18. The summed E-state index contributed by atoms with van der Waals surface area (Å²) < 4.78 is 5.67. The normalized spacial score (nSPS) is 21.4. The maximum Gasteiger partial charge on any atom is 0.116 e. The molecule has 0 aliphatic heterocycles. The Kier molecular flexibility index (Phi) is 9.50. The second-order valence-electron chi connectivity index (χ2n) is 11.4. The Labute approximate surface area is 224 Å². The van der Waals surface area contributed by atoms with Crippen molar-refractivity contribution in [1.29, 1.82) is 0 Å². The Morgan fingerprint density at radius 2 is 1.81 bits per heavy atom. The molecule has 4 nitrogen and oxygen atoms in total. The highest BCUT2D eigenvalue weighted by Gasteiger charge is 2.34. The summed E-state index contributed by atoms with van der Waals surface area (Å²) in [5.74, 6) is 3.06. The van der Waals surface area contributed by atoms with Crippen LogP contribution in [0.1, 0.15) is 49.4 Å². The van der Waals surface area contributed by atoms with E-state index in [-0.39, 0.29) is 0 Å². The number of fused-ring (bicyclic) bond motifs is 1. The summed E-state index contributed by atoms with van der Waals surface area (Å²) in [5.41, 5.74) is 5.48. The topological polar surface area (TPSA) is 35.9 Å². The Morgan fingerprint density at radius 1 is 1.05 bits per heavy atom. The number of phenols is 1. The van der Waals surface area contributed by atoms with Crippen LogP contribution in [0.25, 0.3) is 0 Å². The molecule has 1 N–H and O–H groups in total. The fourth-order valence-corrected chi connectivity index (χ4v) is 6.18. The average Bonchev–Trinajstić information content (AvgIpc) is 2.90. The van der Waals surface area contributed by atoms with Gasteiger partial charge in [-0.1, -0.05) is 57.2 Å². The van der Waals surface area contributed by atoms with Gasteiger partial charge in [0.1, 0.15) is 11.5 Å². The lowest BCUT2D eigenvalue weighted by Crippen LogP contribution is -2.43. The van der Waals surface area contributed by atoms with E-state index in [4.69, 9.17) is 4.74 Å². The number of aromatic hydroxyl groups is 1. The van der Waals surface area contributed by atoms with Gasteiger partial charge >= 0.3 is 0 Å². The van der Waals surface area contributed by atoms with Crippen LogP contribution < -0.4 is 0 Å². The van der Waals surface area contributed by atoms with E-state index >= 15 is 0 Å². The molecule has 0 saturated heterocycles. The molecule has 4 heteroatoms. The Balaban J connectivity index is 1.44. The van der Waals surface area contributed by atoms with Crippen molar-refractivity contribution < 1.29 is 9.84 Å². The fraction of sp³-hybridized carbons (Fsp3) is 0.515. The van der Waals surface area contributed by atoms with Gasteiger partial charge in [-0.05, 0) is 104 Å². The molecule has 0 heterocycles. The SMILES string of the molecule is CCN(Cc1ccc(CCN(C)CC(C)C)cc1)C1C=C(OC)C=CC1[C@@H]1CCc2cc(O)ccc2C1. The van der Waals surface area contributed by atoms with Crippen LogP contribution in [0.4, 0.5) is 0 Å². The van der Waals surface area contributed by atoms with Gasteiger partial charge in [-0.3, -0.25) is 4.90 Å². The van der Waals surface area contributed by atoms with Crippen molar-refractivity contribution >= 4 is 0 Å². The Morgan fingerprint density at radius 3 is 2.51 bits per heavy atom. The second-order valence-corrected chi connectivity index (χ2v) is 11.4. The minimum absolute atomic E-state index is 0.304. The van der Waals surface area contributed by atoms with Crippen LogP contribution in [-0.2, 0) is 30.5 Å². The molecule has 200 valence electrons. The summed E-state index contributed by atoms with van der Waals surface area (Å²) in [6.07, 6.45) is 11.2. The van der Waals surface area contributed by atoms with Crippen molar-refractivity contribution in [2.24, 2.45) is 17.8 Å². The molecule has 0 saturated carbocycles. The third-order valence-electron chi connectivity index (χ3n) is 8.14. The first-order valence-electron chi connectivity index (χ1n) is 14.1. The number of methoxy groups -OCH3 is 1. The number of allylic oxidation sites excluding steroid dienone is 1. The maximum atomic E-state index is 9.91. The number of rotatable bonds is 11. The first-order valence-corrected chi connectivity index (χ1v) is 14.1. The standard InChI is InChI=1S/C33H46N2O2/c1-6-35(23-26-9-7-25(8-10-26)17-18-34(4)22-24(2)3)33-21-31(37-5)15-16-32(33)29-12-11-28-20-30(36)14-13-27(28)19-29/h7-10,13-16,20-21,24,29,32-33,36H,6,11-12,17-19,22-23H2,1-5H3/t29-,32?,33?/m1/s1. The van der Waals surface area contributed by atoms with Crippen LogP contribution >= 0.6 is 0 Å². The van der Waals surface area contributed by atoms with Gasteiger partial charge in [0, 0.05) is 25.7 Å². The number of likely N-dealkylation sites (N-methyl/N-ethyl adjacent to an activating group) is 2. The van der Waals surface area contributed by atoms with Crippen LogP contribution in [0.15, 0.2) is 66.5 Å². The number of ether oxygens (including phenoxy) is 1. The highest BCUT2D eigenvalue weighted by atomic mass is 16.5. The molecule has 2 aromatic rings. The van der Waals surface area contributed by atoms with Gasteiger partial charge in [-0.25, -0.2) is 0 Å². The lowest BCUT2D eigenvalue weighted by molar-refractivity contribution is 0.147. The largest absolute Gasteiger partial charge is 0.508 e. The first kappa shape index (κ1) is 27.5. The first-order chi connectivity index (χ1) is 17.9. The number of nitrogens with zero attached hydrogens (tertiary/aromatic N) is 2. The molecular formula is C33H46N2O2. The lowest BCUT2D eigenvalue weighted by atomic mass is 9.72. The van der Waals surface area contributed by atoms with Crippen LogP contribution in [0, 0.1) is 17.8 Å². The van der Waals surface area contributed by atoms with E-state index in [1.807, 2.05) is 12.1 Å². The van der Waals surface area contributed by atoms with Gasteiger partial charge in [0.15, 0.2) is 0 Å². The Bertz CT molecular complexity index is 1070. The molecule has 2 aliphatic carbocycles. The summed E-state index contributed by atoms with van der Waals surface area (Å²) in [7, 11) is 3.99. The van der Waals surface area contributed by atoms with Crippen LogP contribution in [0.3, 0.4) is 0 Å². The van der Waals surface area contributed by atoms with Crippen molar-refractivity contribution in [3.8, 4) is 5.75 Å². The Hall–Kier alpha value is -2.56. The van der Waals surface area contributed by atoms with E-state index in [2.05, 4.69) is 86.2 Å². The minimum Gasteiger partial charge on any atom is -0.508 e. The van der Waals surface area contributed by atoms with E-state index in [0.29, 0.717) is 29.5 Å². The molecular weight excluding hydrogens is 456 g/mol. The van der Waals surface area contributed by atoms with Crippen molar-refractivity contribution in [3.05, 3.63) is 88.7 Å². The van der Waals surface area contributed by atoms with E-state index in [0.717, 1.165) is 57.6 Å². The summed E-state index contributed by atoms with van der Waals surface area (Å²) in [4.78, 5) is 5.03. The summed E-state index contributed by atoms with van der Waals surface area (Å²) in [5, 5.41) is 9.91. The van der Waals surface area contributed by atoms with Crippen molar-refractivity contribution in [3.63, 3.8) is 0 Å². The molecule has 2 aromatic carbocycles. The van der Waals surface area contributed by atoms with Crippen molar-refractivity contribution in [2.75, 3.05) is 33.8 Å². The quantitative estimate of drug-likeness (QED) is 0.395. The molecule has 4 rings (SSSR count). The summed E-state index contributed by atoms with van der Waals surface area (Å²) >= 11 is 0. The molecule has 2 unspecified atom stereocenters. The number of hydrogen-bond acceptors (Lipinski definition) is 4. The van der Waals surface area contributed by atoms with Gasteiger partial charge < -0.3 is 14.7 Å². The molecule has 0 amide bonds. The van der Waals surface area contributed by atoms with Gasteiger partial charge in [-0.2, -0.15) is 0 Å². The highest BCUT2D eigenvalue weighted by molar-refractivity contribution is 5.37. The van der Waals surface area contributed by atoms with Gasteiger partial charge in [0.25, 0.3) is 0 Å². The van der Waals surface area contributed by atoms with E-state index < -0.39 is 0 Å². The van der Waals surface area contributed by atoms with Gasteiger partial charge in [-0.15, -0.1) is 0 Å². The van der Waals surface area contributed by atoms with E-state index in [9.17, 15) is 5.11 Å². The van der Waals surface area contributed by atoms with Crippen LogP contribution in [-0.4, -0.2) is 54.7 Å². The second kappa shape index (κ2) is 12.8. The van der Waals surface area contributed by atoms with Crippen LogP contribution in [0.2, 0.25) is 0 Å². The number of hydrogen-bond donors (Lipinski definition) is 1. The zero-order valence-electron chi connectivity index (χ0n) is 23.5. The minimum atomic E-state index is 0.304. The van der Waals surface area contributed by atoms with Gasteiger partial charge in [0.05, 0.1) is 7.11 Å². The van der Waals surface area contributed by atoms with E-state index in [1.54, 1.807) is 7.11 Å². The monoisotopic (exact) mass is 502 g/mol. The lowest BCUT2D eigenvalue weighted by Gasteiger charge is -2.41. The zero-order valence-corrected chi connectivity index (χ0v) is 23.5. The molecule has 0 spiro atoms. The predicted molar refractivity (Wildman–Crippen MR) is 154 cm³/mol. The average molecular weight is 503 g/mol. The summed E-state index contributed by atoms with van der Waals surface area (Å²) in [6, 6.07) is 15.5. The van der Waals surface area contributed by atoms with Crippen molar-refractivity contribution in [2.45, 2.75) is 59.0 Å². The molecule has 3 atom stereocenters. The molecule has 0 aromatic heterocycles. The third-order valence-corrected chi connectivity index (χ3v) is 8.14. The maximum absolute atomic E-state index is 9.91. The number of aryl methyl sites for hydroxylation is 1. The van der Waals surface area contributed by atoms with Crippen LogP contribution in [0.5, 0.6) is 5.75 Å². The smallest absolute Gasteiger partial charge is 0.116 e.